The maximum Gasteiger partial charge on any atom is 0.314 e. The molecule has 0 unspecified atom stereocenters. The van der Waals surface area contributed by atoms with Crippen LogP contribution in [0.2, 0.25) is 0 Å². The lowest BCUT2D eigenvalue weighted by Crippen LogP contribution is -2.51. The molecule has 4 rings (SSSR count). The number of aromatic nitrogens is 4. The maximum absolute atomic E-state index is 13.1. The second kappa shape index (κ2) is 9.43. The van der Waals surface area contributed by atoms with Crippen molar-refractivity contribution in [3.8, 4) is 0 Å². The first-order valence-electron chi connectivity index (χ1n) is 10.5. The molecule has 34 heavy (non-hydrogen) atoms. The van der Waals surface area contributed by atoms with Gasteiger partial charge in [0.2, 0.25) is 10.0 Å². The van der Waals surface area contributed by atoms with Gasteiger partial charge in [0.05, 0.1) is 4.90 Å². The zero-order valence-corrected chi connectivity index (χ0v) is 19.5. The van der Waals surface area contributed by atoms with Crippen LogP contribution in [0.3, 0.4) is 0 Å². The largest absolute Gasteiger partial charge is 0.455 e. The number of piperazine rings is 1. The van der Waals surface area contributed by atoms with E-state index in [1.807, 2.05) is 19.9 Å². The van der Waals surface area contributed by atoms with Crippen LogP contribution in [-0.4, -0.2) is 81.9 Å². The number of halogens is 1. The maximum atomic E-state index is 13.1. The van der Waals surface area contributed by atoms with Crippen LogP contribution in [0, 0.1) is 19.7 Å². The SMILES string of the molecule is Cc1cc(C)n2nc(CC(=O)OCC(=O)N3CCN(S(=O)(=O)c4ccc(F)cc4)CC3)nc2n1. The Bertz CT molecular complexity index is 1330. The van der Waals surface area contributed by atoms with E-state index in [0.29, 0.717) is 5.78 Å². The Balaban J connectivity index is 1.27. The molecule has 3 heterocycles. The Morgan fingerprint density at radius 2 is 1.74 bits per heavy atom. The van der Waals surface area contributed by atoms with Gasteiger partial charge >= 0.3 is 5.97 Å². The molecule has 1 aliphatic heterocycles. The highest BCUT2D eigenvalue weighted by Crippen LogP contribution is 2.18. The summed E-state index contributed by atoms with van der Waals surface area (Å²) in [6.45, 7) is 3.67. The molecule has 11 nitrogen and oxygen atoms in total. The van der Waals surface area contributed by atoms with Gasteiger partial charge in [-0.05, 0) is 44.2 Å². The third-order valence-corrected chi connectivity index (χ3v) is 7.28. The number of carbonyl (C=O) groups excluding carboxylic acids is 2. The fourth-order valence-corrected chi connectivity index (χ4v) is 5.05. The Kier molecular flexibility index (Phi) is 6.57. The lowest BCUT2D eigenvalue weighted by molar-refractivity contribution is -0.152. The first kappa shape index (κ1) is 23.7. The number of sulfonamides is 1. The van der Waals surface area contributed by atoms with Crippen LogP contribution in [0.5, 0.6) is 0 Å². The van der Waals surface area contributed by atoms with Crippen molar-refractivity contribution in [2.75, 3.05) is 32.8 Å². The third kappa shape index (κ3) is 5.04. The Hall–Kier alpha value is -3.45. The predicted molar refractivity (Wildman–Crippen MR) is 117 cm³/mol. The zero-order valence-electron chi connectivity index (χ0n) is 18.6. The summed E-state index contributed by atoms with van der Waals surface area (Å²) in [6.07, 6.45) is -0.210. The highest BCUT2D eigenvalue weighted by molar-refractivity contribution is 7.89. The molecule has 2 aromatic heterocycles. The Morgan fingerprint density at radius 3 is 2.41 bits per heavy atom. The molecule has 0 aliphatic carbocycles. The topological polar surface area (TPSA) is 127 Å². The summed E-state index contributed by atoms with van der Waals surface area (Å²) in [7, 11) is -3.78. The van der Waals surface area contributed by atoms with E-state index in [1.54, 1.807) is 0 Å². The third-order valence-electron chi connectivity index (χ3n) is 5.36. The van der Waals surface area contributed by atoms with Crippen LogP contribution >= 0.6 is 0 Å². The molecule has 1 amide bonds. The number of nitrogens with zero attached hydrogens (tertiary/aromatic N) is 6. The minimum atomic E-state index is -3.78. The van der Waals surface area contributed by atoms with Crippen molar-refractivity contribution in [1.82, 2.24) is 28.8 Å². The second-order valence-electron chi connectivity index (χ2n) is 7.85. The number of aryl methyl sites for hydroxylation is 2. The highest BCUT2D eigenvalue weighted by atomic mass is 32.2. The smallest absolute Gasteiger partial charge is 0.314 e. The predicted octanol–water partition coefficient (Wildman–Crippen LogP) is 0.499. The number of rotatable bonds is 6. The van der Waals surface area contributed by atoms with Gasteiger partial charge in [0, 0.05) is 37.6 Å². The lowest BCUT2D eigenvalue weighted by atomic mass is 10.3. The summed E-state index contributed by atoms with van der Waals surface area (Å²) in [5.41, 5.74) is 1.60. The summed E-state index contributed by atoms with van der Waals surface area (Å²) in [5, 5.41) is 4.24. The average Bonchev–Trinajstić information content (AvgIpc) is 3.20. The van der Waals surface area contributed by atoms with E-state index in [1.165, 1.54) is 25.9 Å². The minimum Gasteiger partial charge on any atom is -0.455 e. The normalized spacial score (nSPS) is 15.0. The first-order chi connectivity index (χ1) is 16.1. The van der Waals surface area contributed by atoms with Gasteiger partial charge in [-0.1, -0.05) is 0 Å². The molecule has 1 aliphatic rings. The molecule has 180 valence electrons. The van der Waals surface area contributed by atoms with Crippen molar-refractivity contribution >= 4 is 27.7 Å². The molecule has 0 N–H and O–H groups in total. The van der Waals surface area contributed by atoms with E-state index >= 15 is 0 Å². The summed E-state index contributed by atoms with van der Waals surface area (Å²) >= 11 is 0. The number of carbonyl (C=O) groups is 2. The van der Waals surface area contributed by atoms with E-state index in [2.05, 4.69) is 15.1 Å². The molecule has 1 saturated heterocycles. The van der Waals surface area contributed by atoms with Gasteiger partial charge in [0.25, 0.3) is 11.7 Å². The average molecular weight is 491 g/mol. The van der Waals surface area contributed by atoms with Crippen molar-refractivity contribution in [2.24, 2.45) is 0 Å². The standard InChI is InChI=1S/C21H23FN6O5S/c1-14-11-15(2)28-21(23-14)24-18(25-28)12-20(30)33-13-19(29)26-7-9-27(10-8-26)34(31,32)17-5-3-16(22)4-6-17/h3-6,11H,7-10,12-13H2,1-2H3. The summed E-state index contributed by atoms with van der Waals surface area (Å²) < 4.78 is 46.3. The van der Waals surface area contributed by atoms with Gasteiger partial charge in [-0.15, -0.1) is 5.10 Å². The summed E-state index contributed by atoms with van der Waals surface area (Å²) in [5.74, 6) is -0.995. The highest BCUT2D eigenvalue weighted by Gasteiger charge is 2.30. The number of benzene rings is 1. The van der Waals surface area contributed by atoms with Crippen molar-refractivity contribution in [2.45, 2.75) is 25.2 Å². The molecule has 0 atom stereocenters. The molecular weight excluding hydrogens is 467 g/mol. The van der Waals surface area contributed by atoms with Gasteiger partial charge in [-0.3, -0.25) is 9.59 Å². The molecule has 13 heteroatoms. The molecule has 0 spiro atoms. The molecule has 0 bridgehead atoms. The van der Waals surface area contributed by atoms with E-state index in [4.69, 9.17) is 4.74 Å². The fourth-order valence-electron chi connectivity index (χ4n) is 3.63. The molecule has 1 fully saturated rings. The number of ether oxygens (including phenoxy) is 1. The van der Waals surface area contributed by atoms with Gasteiger partial charge in [-0.25, -0.2) is 22.3 Å². The van der Waals surface area contributed by atoms with Crippen LogP contribution < -0.4 is 0 Å². The number of hydrogen-bond donors (Lipinski definition) is 0. The second-order valence-corrected chi connectivity index (χ2v) is 9.79. The molecule has 0 saturated carbocycles. The monoisotopic (exact) mass is 490 g/mol. The van der Waals surface area contributed by atoms with Gasteiger partial charge in [0.15, 0.2) is 12.4 Å². The van der Waals surface area contributed by atoms with Crippen molar-refractivity contribution in [3.63, 3.8) is 0 Å². The molecule has 0 radical (unpaired) electrons. The molecular formula is C21H23FN6O5S. The summed E-state index contributed by atoms with van der Waals surface area (Å²) in [4.78, 5) is 34.5. The van der Waals surface area contributed by atoms with Crippen molar-refractivity contribution in [1.29, 1.82) is 0 Å². The Morgan fingerprint density at radius 1 is 1.06 bits per heavy atom. The van der Waals surface area contributed by atoms with E-state index < -0.39 is 34.3 Å². The van der Waals surface area contributed by atoms with E-state index in [0.717, 1.165) is 23.5 Å². The van der Waals surface area contributed by atoms with Crippen LogP contribution in [0.1, 0.15) is 17.2 Å². The first-order valence-corrected chi connectivity index (χ1v) is 12.0. The molecule has 3 aromatic rings. The van der Waals surface area contributed by atoms with E-state index in [9.17, 15) is 22.4 Å². The van der Waals surface area contributed by atoms with E-state index in [-0.39, 0.29) is 43.3 Å². The summed E-state index contributed by atoms with van der Waals surface area (Å²) in [6, 6.07) is 6.42. The number of hydrogen-bond acceptors (Lipinski definition) is 8. The number of esters is 1. The number of amides is 1. The van der Waals surface area contributed by atoms with Crippen molar-refractivity contribution < 1.29 is 27.1 Å². The van der Waals surface area contributed by atoms with Crippen molar-refractivity contribution in [3.05, 3.63) is 53.4 Å². The lowest BCUT2D eigenvalue weighted by Gasteiger charge is -2.33. The van der Waals surface area contributed by atoms with Crippen LogP contribution in [0.15, 0.2) is 35.2 Å². The Labute approximate surface area is 195 Å². The van der Waals surface area contributed by atoms with Gasteiger partial charge in [-0.2, -0.15) is 9.29 Å². The van der Waals surface area contributed by atoms with Crippen LogP contribution in [0.25, 0.3) is 5.78 Å². The zero-order chi connectivity index (χ0) is 24.5. The molecule has 1 aromatic carbocycles. The van der Waals surface area contributed by atoms with Crippen LogP contribution in [-0.2, 0) is 30.8 Å². The van der Waals surface area contributed by atoms with Gasteiger partial charge < -0.3 is 9.64 Å². The van der Waals surface area contributed by atoms with Gasteiger partial charge in [0.1, 0.15) is 12.2 Å². The number of fused-ring (bicyclic) bond motifs is 1. The quantitative estimate of drug-likeness (QED) is 0.457. The van der Waals surface area contributed by atoms with Crippen LogP contribution in [0.4, 0.5) is 4.39 Å². The minimum absolute atomic E-state index is 0.0104. The fraction of sp³-hybridized carbons (Fsp3) is 0.381.